The van der Waals surface area contributed by atoms with E-state index < -0.39 is 47.2 Å². The van der Waals surface area contributed by atoms with E-state index in [2.05, 4.69) is 5.32 Å². The van der Waals surface area contributed by atoms with Gasteiger partial charge < -0.3 is 19.5 Å². The fourth-order valence-corrected chi connectivity index (χ4v) is 4.50. The number of halogens is 2. The number of rotatable bonds is 8. The van der Waals surface area contributed by atoms with Crippen molar-refractivity contribution in [2.24, 2.45) is 0 Å². The zero-order chi connectivity index (χ0) is 27.4. The van der Waals surface area contributed by atoms with Crippen molar-refractivity contribution in [2.45, 2.75) is 84.1 Å². The summed E-state index contributed by atoms with van der Waals surface area (Å²) in [4.78, 5) is 27.1. The number of carbonyl (C=O) groups excluding carboxylic acids is 2. The van der Waals surface area contributed by atoms with Crippen LogP contribution in [0.4, 0.5) is 13.6 Å². The van der Waals surface area contributed by atoms with Crippen LogP contribution in [0.5, 0.6) is 0 Å². The zero-order valence-corrected chi connectivity index (χ0v) is 22.2. The molecule has 1 saturated heterocycles. The highest BCUT2D eigenvalue weighted by Crippen LogP contribution is 2.33. The summed E-state index contributed by atoms with van der Waals surface area (Å²) in [7, 11) is 0. The third-order valence-electron chi connectivity index (χ3n) is 5.94. The van der Waals surface area contributed by atoms with Crippen LogP contribution in [0.2, 0.25) is 0 Å². The minimum Gasteiger partial charge on any atom is -0.444 e. The Kier molecular flexibility index (Phi) is 8.92. The monoisotopic (exact) mass is 518 g/mol. The molecule has 0 bridgehead atoms. The summed E-state index contributed by atoms with van der Waals surface area (Å²) in [5, 5.41) is 2.87. The van der Waals surface area contributed by atoms with Crippen LogP contribution in [-0.4, -0.2) is 53.0 Å². The van der Waals surface area contributed by atoms with Crippen LogP contribution in [0.15, 0.2) is 48.5 Å². The van der Waals surface area contributed by atoms with E-state index in [1.807, 2.05) is 30.3 Å². The van der Waals surface area contributed by atoms with E-state index in [9.17, 15) is 18.4 Å². The molecule has 3 atom stereocenters. The van der Waals surface area contributed by atoms with Crippen LogP contribution >= 0.6 is 0 Å². The molecule has 1 aliphatic rings. The second kappa shape index (κ2) is 11.6. The zero-order valence-electron chi connectivity index (χ0n) is 22.2. The molecule has 1 fully saturated rings. The van der Waals surface area contributed by atoms with Gasteiger partial charge in [0.2, 0.25) is 5.91 Å². The lowest BCUT2D eigenvalue weighted by Gasteiger charge is -2.40. The standard InChI is InChI=1S/C28H36F2N2O5/c1-18(33)31-23(14-20-12-21(29)15-22(30)13-20)25(35-16-19-10-8-7-9-11-19)24-17-36-28(5,6)32(24)26(34)37-27(2,3)4/h7-13,15,23-25H,14,16-17H2,1-6H3,(H,31,33)/t23-,24+,25-/m0/s1. The molecule has 1 N–H and O–H groups in total. The van der Waals surface area contributed by atoms with Crippen molar-refractivity contribution < 1.29 is 32.6 Å². The molecule has 202 valence electrons. The molecule has 0 aromatic heterocycles. The summed E-state index contributed by atoms with van der Waals surface area (Å²) in [6, 6.07) is 11.3. The van der Waals surface area contributed by atoms with E-state index in [1.165, 1.54) is 24.0 Å². The number of ether oxygens (including phenoxy) is 3. The molecular weight excluding hydrogens is 482 g/mol. The average molecular weight is 519 g/mol. The second-order valence-corrected chi connectivity index (χ2v) is 10.7. The van der Waals surface area contributed by atoms with Gasteiger partial charge in [0.25, 0.3) is 0 Å². The highest BCUT2D eigenvalue weighted by molar-refractivity contribution is 5.73. The fourth-order valence-electron chi connectivity index (χ4n) is 4.50. The van der Waals surface area contributed by atoms with Crippen LogP contribution in [0.3, 0.4) is 0 Å². The third kappa shape index (κ3) is 7.97. The first kappa shape index (κ1) is 28.5. The normalized spacial score (nSPS) is 18.8. The predicted molar refractivity (Wildman–Crippen MR) is 135 cm³/mol. The van der Waals surface area contributed by atoms with E-state index in [-0.39, 0.29) is 25.5 Å². The molecule has 0 saturated carbocycles. The van der Waals surface area contributed by atoms with Gasteiger partial charge in [0.05, 0.1) is 25.3 Å². The highest BCUT2D eigenvalue weighted by Gasteiger charge is 2.51. The van der Waals surface area contributed by atoms with Gasteiger partial charge in [0.15, 0.2) is 0 Å². The Hall–Kier alpha value is -3.04. The Labute approximate surface area is 217 Å². The number of amides is 2. The number of hydrogen-bond acceptors (Lipinski definition) is 5. The van der Waals surface area contributed by atoms with Crippen molar-refractivity contribution in [2.75, 3.05) is 6.61 Å². The molecule has 0 aliphatic carbocycles. The quantitative estimate of drug-likeness (QED) is 0.534. The molecule has 0 spiro atoms. The van der Waals surface area contributed by atoms with Gasteiger partial charge in [-0.2, -0.15) is 0 Å². The molecule has 7 nitrogen and oxygen atoms in total. The van der Waals surface area contributed by atoms with Crippen molar-refractivity contribution >= 4 is 12.0 Å². The Balaban J connectivity index is 2.01. The topological polar surface area (TPSA) is 77.1 Å². The molecular formula is C28H36F2N2O5. The summed E-state index contributed by atoms with van der Waals surface area (Å²) in [6.07, 6.45) is -1.33. The van der Waals surface area contributed by atoms with E-state index >= 15 is 0 Å². The predicted octanol–water partition coefficient (Wildman–Crippen LogP) is 4.97. The van der Waals surface area contributed by atoms with E-state index in [4.69, 9.17) is 14.2 Å². The number of nitrogens with zero attached hydrogens (tertiary/aromatic N) is 1. The van der Waals surface area contributed by atoms with Crippen LogP contribution in [0.25, 0.3) is 0 Å². The molecule has 3 rings (SSSR count). The minimum absolute atomic E-state index is 0.0623. The van der Waals surface area contributed by atoms with Crippen molar-refractivity contribution in [1.82, 2.24) is 10.2 Å². The first-order chi connectivity index (χ1) is 17.2. The van der Waals surface area contributed by atoms with Gasteiger partial charge in [-0.1, -0.05) is 30.3 Å². The smallest absolute Gasteiger partial charge is 0.412 e. The van der Waals surface area contributed by atoms with Crippen molar-refractivity contribution in [3.05, 3.63) is 71.3 Å². The lowest BCUT2D eigenvalue weighted by atomic mass is 9.95. The van der Waals surface area contributed by atoms with Gasteiger partial charge >= 0.3 is 6.09 Å². The van der Waals surface area contributed by atoms with Crippen LogP contribution < -0.4 is 5.32 Å². The summed E-state index contributed by atoms with van der Waals surface area (Å²) in [5.41, 5.74) is -0.552. The largest absolute Gasteiger partial charge is 0.444 e. The van der Waals surface area contributed by atoms with Gasteiger partial charge in [-0.25, -0.2) is 13.6 Å². The molecule has 2 aromatic carbocycles. The van der Waals surface area contributed by atoms with Crippen LogP contribution in [0, 0.1) is 11.6 Å². The molecule has 0 radical (unpaired) electrons. The van der Waals surface area contributed by atoms with Crippen LogP contribution in [-0.2, 0) is 32.0 Å². The van der Waals surface area contributed by atoms with Gasteiger partial charge in [0.1, 0.15) is 29.1 Å². The highest BCUT2D eigenvalue weighted by atomic mass is 19.1. The minimum atomic E-state index is -1.02. The van der Waals surface area contributed by atoms with Gasteiger partial charge in [-0.15, -0.1) is 0 Å². The summed E-state index contributed by atoms with van der Waals surface area (Å²) >= 11 is 0. The molecule has 1 heterocycles. The maximum absolute atomic E-state index is 14.0. The summed E-state index contributed by atoms with van der Waals surface area (Å²) in [6.45, 7) is 10.5. The number of nitrogens with one attached hydrogen (secondary N) is 1. The second-order valence-electron chi connectivity index (χ2n) is 10.7. The Morgan fingerprint density at radius 3 is 2.30 bits per heavy atom. The summed E-state index contributed by atoms with van der Waals surface area (Å²) in [5.74, 6) is -1.80. The maximum atomic E-state index is 14.0. The third-order valence-corrected chi connectivity index (χ3v) is 5.94. The average Bonchev–Trinajstić information content (AvgIpc) is 3.07. The van der Waals surface area contributed by atoms with Gasteiger partial charge in [-0.05, 0) is 64.3 Å². The number of benzene rings is 2. The Morgan fingerprint density at radius 1 is 1.11 bits per heavy atom. The van der Waals surface area contributed by atoms with Crippen molar-refractivity contribution in [1.29, 1.82) is 0 Å². The van der Waals surface area contributed by atoms with Crippen molar-refractivity contribution in [3.63, 3.8) is 0 Å². The summed E-state index contributed by atoms with van der Waals surface area (Å²) < 4.78 is 46.0. The molecule has 2 amide bonds. The Morgan fingerprint density at radius 2 is 1.73 bits per heavy atom. The molecule has 0 unspecified atom stereocenters. The van der Waals surface area contributed by atoms with E-state index in [0.29, 0.717) is 5.56 Å². The lowest BCUT2D eigenvalue weighted by Crippen LogP contribution is -2.59. The SMILES string of the molecule is CC(=O)N[C@@H](Cc1cc(F)cc(F)c1)[C@H](OCc1ccccc1)[C@H]1COC(C)(C)N1C(=O)OC(C)(C)C. The van der Waals surface area contributed by atoms with Gasteiger partial charge in [-0.3, -0.25) is 9.69 Å². The molecule has 1 aliphatic heterocycles. The molecule has 37 heavy (non-hydrogen) atoms. The molecule has 2 aromatic rings. The lowest BCUT2D eigenvalue weighted by molar-refractivity contribution is -0.122. The maximum Gasteiger partial charge on any atom is 0.412 e. The van der Waals surface area contributed by atoms with Gasteiger partial charge in [0, 0.05) is 13.0 Å². The first-order valence-electron chi connectivity index (χ1n) is 12.3. The van der Waals surface area contributed by atoms with E-state index in [0.717, 1.165) is 11.6 Å². The number of hydrogen-bond donors (Lipinski definition) is 1. The fraction of sp³-hybridized carbons (Fsp3) is 0.500. The van der Waals surface area contributed by atoms with Crippen LogP contribution in [0.1, 0.15) is 52.7 Å². The van der Waals surface area contributed by atoms with Crippen molar-refractivity contribution in [3.8, 4) is 0 Å². The number of carbonyl (C=O) groups is 2. The first-order valence-corrected chi connectivity index (χ1v) is 12.3. The molecule has 9 heteroatoms. The Bertz CT molecular complexity index is 1070. The van der Waals surface area contributed by atoms with E-state index in [1.54, 1.807) is 34.6 Å².